The summed E-state index contributed by atoms with van der Waals surface area (Å²) in [7, 11) is 0. The number of hydrogen-bond acceptors (Lipinski definition) is 5. The van der Waals surface area contributed by atoms with Gasteiger partial charge in [0.25, 0.3) is 0 Å². The molecule has 0 aliphatic carbocycles. The molecular weight excluding hydrogens is 342 g/mol. The van der Waals surface area contributed by atoms with Gasteiger partial charge < -0.3 is 4.74 Å². The zero-order valence-electron chi connectivity index (χ0n) is 14.0. The highest BCUT2D eigenvalue weighted by Crippen LogP contribution is 2.33. The summed E-state index contributed by atoms with van der Waals surface area (Å²) in [6, 6.07) is 5.51. The minimum absolute atomic E-state index is 0.277. The lowest BCUT2D eigenvalue weighted by atomic mass is 10.1. The molecule has 3 aromatic rings. The van der Waals surface area contributed by atoms with Crippen LogP contribution in [0.15, 0.2) is 30.9 Å². The van der Waals surface area contributed by atoms with Crippen LogP contribution in [0.4, 0.5) is 0 Å². The number of nitrogens with zero attached hydrogens (tertiary/aromatic N) is 5. The highest BCUT2D eigenvalue weighted by Gasteiger charge is 2.29. The van der Waals surface area contributed by atoms with Crippen LogP contribution in [0.5, 0.6) is 0 Å². The van der Waals surface area contributed by atoms with Crippen LogP contribution in [-0.2, 0) is 11.3 Å². The predicted molar refractivity (Wildman–Crippen MR) is 91.9 cm³/mol. The zero-order valence-corrected chi connectivity index (χ0v) is 14.8. The summed E-state index contributed by atoms with van der Waals surface area (Å²) in [5.74, 6) is 0.233. The van der Waals surface area contributed by atoms with Crippen LogP contribution in [0.1, 0.15) is 37.0 Å². The molecule has 4 rings (SSSR count). The second-order valence-electron chi connectivity index (χ2n) is 6.81. The van der Waals surface area contributed by atoms with Crippen molar-refractivity contribution in [3.05, 3.63) is 47.3 Å². The Bertz CT molecular complexity index is 983. The van der Waals surface area contributed by atoms with E-state index in [4.69, 9.17) is 16.3 Å². The number of carbonyl (C=O) groups is 1. The quantitative estimate of drug-likeness (QED) is 0.489. The summed E-state index contributed by atoms with van der Waals surface area (Å²) in [5.41, 5.74) is 2.05. The minimum atomic E-state index is -0.595. The van der Waals surface area contributed by atoms with Gasteiger partial charge in [-0.25, -0.2) is 19.4 Å². The molecule has 0 amide bonds. The zero-order chi connectivity index (χ0) is 17.8. The van der Waals surface area contributed by atoms with E-state index in [0.29, 0.717) is 23.1 Å². The Hall–Kier alpha value is -2.67. The lowest BCUT2D eigenvalue weighted by Crippen LogP contribution is -2.25. The van der Waals surface area contributed by atoms with Gasteiger partial charge in [0.15, 0.2) is 11.5 Å². The molecule has 0 radical (unpaired) electrons. The van der Waals surface area contributed by atoms with E-state index in [1.807, 2.05) is 37.5 Å². The van der Waals surface area contributed by atoms with Crippen LogP contribution < -0.4 is 0 Å². The summed E-state index contributed by atoms with van der Waals surface area (Å²) in [6.45, 7) is 5.83. The van der Waals surface area contributed by atoms with Crippen molar-refractivity contribution in [2.45, 2.75) is 32.9 Å². The van der Waals surface area contributed by atoms with Crippen molar-refractivity contribution in [3.63, 3.8) is 0 Å². The van der Waals surface area contributed by atoms with Crippen LogP contribution in [0.2, 0.25) is 5.02 Å². The average molecular weight is 358 g/mol. The third kappa shape index (κ3) is 2.70. The van der Waals surface area contributed by atoms with Crippen molar-refractivity contribution < 1.29 is 9.53 Å². The third-order valence-corrected chi connectivity index (χ3v) is 4.07. The number of carbonyl (C=O) groups excluding carboxylic acids is 1. The number of halogens is 1. The van der Waals surface area contributed by atoms with Crippen molar-refractivity contribution in [2.24, 2.45) is 0 Å². The fraction of sp³-hybridized carbons (Fsp3) is 0.294. The number of imidazole rings is 1. The second kappa shape index (κ2) is 5.42. The first-order chi connectivity index (χ1) is 11.8. The Kier molecular flexibility index (Phi) is 3.43. The van der Waals surface area contributed by atoms with E-state index >= 15 is 0 Å². The largest absolute Gasteiger partial charge is 0.455 e. The monoisotopic (exact) mass is 357 g/mol. The molecule has 0 bridgehead atoms. The average Bonchev–Trinajstić information content (AvgIpc) is 3.11. The summed E-state index contributed by atoms with van der Waals surface area (Å²) in [6.07, 6.45) is 3.10. The molecule has 0 saturated heterocycles. The number of hydrogen-bond donors (Lipinski definition) is 0. The van der Waals surface area contributed by atoms with Crippen LogP contribution >= 0.6 is 11.6 Å². The molecule has 128 valence electrons. The number of esters is 1. The van der Waals surface area contributed by atoms with Gasteiger partial charge in [0, 0.05) is 10.6 Å². The topological polar surface area (TPSA) is 74.8 Å². The molecule has 0 saturated carbocycles. The van der Waals surface area contributed by atoms with Crippen molar-refractivity contribution in [1.29, 1.82) is 0 Å². The molecule has 8 heteroatoms. The number of ether oxygens (including phenoxy) is 1. The van der Waals surface area contributed by atoms with Crippen molar-refractivity contribution >= 4 is 17.6 Å². The molecule has 1 aliphatic heterocycles. The van der Waals surface area contributed by atoms with Crippen molar-refractivity contribution in [2.75, 3.05) is 0 Å². The highest BCUT2D eigenvalue weighted by molar-refractivity contribution is 6.31. The Balaban J connectivity index is 1.90. The Morgan fingerprint density at radius 3 is 2.84 bits per heavy atom. The first kappa shape index (κ1) is 15.8. The molecule has 25 heavy (non-hydrogen) atoms. The lowest BCUT2D eigenvalue weighted by Gasteiger charge is -2.19. The standard InChI is InChI=1S/C17H16ClN5O2/c1-17(2,3)25-16(24)14-13-7-23-15(19-8-21-23)11-6-10(18)4-5-12(11)22(13)9-20-14/h4-6,8-9H,7H2,1-3H3. The van der Waals surface area contributed by atoms with Gasteiger partial charge in [0.1, 0.15) is 18.3 Å². The SMILES string of the molecule is CC(C)(C)OC(=O)c1ncn2c1Cn1ncnc1-c1cc(Cl)ccc1-2. The molecule has 1 aliphatic rings. The molecule has 3 heterocycles. The first-order valence-electron chi connectivity index (χ1n) is 7.81. The van der Waals surface area contributed by atoms with Crippen LogP contribution in [0, 0.1) is 0 Å². The van der Waals surface area contributed by atoms with Crippen molar-refractivity contribution in [1.82, 2.24) is 24.3 Å². The van der Waals surface area contributed by atoms with Gasteiger partial charge >= 0.3 is 5.97 Å². The lowest BCUT2D eigenvalue weighted by molar-refractivity contribution is 0.00619. The Labute approximate surface area is 149 Å². The predicted octanol–water partition coefficient (Wildman–Crippen LogP) is 3.10. The molecule has 0 spiro atoms. The maximum Gasteiger partial charge on any atom is 0.359 e. The van der Waals surface area contributed by atoms with E-state index in [0.717, 1.165) is 11.3 Å². The van der Waals surface area contributed by atoms with Gasteiger partial charge in [-0.2, -0.15) is 5.10 Å². The fourth-order valence-corrected chi connectivity index (χ4v) is 3.03. The molecule has 0 unspecified atom stereocenters. The van der Waals surface area contributed by atoms with Crippen LogP contribution in [-0.4, -0.2) is 35.9 Å². The molecule has 0 atom stereocenters. The Morgan fingerprint density at radius 1 is 1.28 bits per heavy atom. The van der Waals surface area contributed by atoms with E-state index in [1.165, 1.54) is 6.33 Å². The summed E-state index contributed by atoms with van der Waals surface area (Å²) in [5, 5.41) is 4.87. The molecular formula is C17H16ClN5O2. The number of fused-ring (bicyclic) bond motifs is 5. The molecule has 0 N–H and O–H groups in total. The van der Waals surface area contributed by atoms with Crippen LogP contribution in [0.3, 0.4) is 0 Å². The molecule has 0 fully saturated rings. The first-order valence-corrected chi connectivity index (χ1v) is 8.19. The van der Waals surface area contributed by atoms with Gasteiger partial charge in [0.05, 0.1) is 17.9 Å². The number of rotatable bonds is 1. The summed E-state index contributed by atoms with van der Waals surface area (Å²) < 4.78 is 9.07. The minimum Gasteiger partial charge on any atom is -0.455 e. The maximum atomic E-state index is 12.6. The van der Waals surface area contributed by atoms with Gasteiger partial charge in [-0.3, -0.25) is 4.57 Å². The fourth-order valence-electron chi connectivity index (χ4n) is 2.86. The normalized spacial score (nSPS) is 12.8. The van der Waals surface area contributed by atoms with E-state index in [-0.39, 0.29) is 5.69 Å². The van der Waals surface area contributed by atoms with Gasteiger partial charge in [-0.15, -0.1) is 0 Å². The molecule has 7 nitrogen and oxygen atoms in total. The van der Waals surface area contributed by atoms with E-state index in [1.54, 1.807) is 17.1 Å². The number of benzene rings is 1. The molecule has 1 aromatic carbocycles. The smallest absolute Gasteiger partial charge is 0.359 e. The Morgan fingerprint density at radius 2 is 2.08 bits per heavy atom. The van der Waals surface area contributed by atoms with E-state index in [9.17, 15) is 4.79 Å². The maximum absolute atomic E-state index is 12.6. The van der Waals surface area contributed by atoms with Gasteiger partial charge in [-0.1, -0.05) is 11.6 Å². The summed E-state index contributed by atoms with van der Waals surface area (Å²) >= 11 is 6.16. The highest BCUT2D eigenvalue weighted by atomic mass is 35.5. The van der Waals surface area contributed by atoms with Gasteiger partial charge in [0.2, 0.25) is 0 Å². The molecule has 2 aromatic heterocycles. The van der Waals surface area contributed by atoms with E-state index in [2.05, 4.69) is 15.1 Å². The van der Waals surface area contributed by atoms with E-state index < -0.39 is 11.6 Å². The summed E-state index contributed by atoms with van der Waals surface area (Å²) in [4.78, 5) is 21.2. The second-order valence-corrected chi connectivity index (χ2v) is 7.25. The third-order valence-electron chi connectivity index (χ3n) is 3.83. The van der Waals surface area contributed by atoms with Crippen molar-refractivity contribution in [3.8, 4) is 17.1 Å². The van der Waals surface area contributed by atoms with Gasteiger partial charge in [-0.05, 0) is 39.0 Å². The number of aromatic nitrogens is 5. The van der Waals surface area contributed by atoms with Crippen LogP contribution in [0.25, 0.3) is 17.1 Å².